The number of aryl methyl sites for hydroxylation is 1. The van der Waals surface area contributed by atoms with Crippen LogP contribution in [0.2, 0.25) is 0 Å². The lowest BCUT2D eigenvalue weighted by atomic mass is 9.65. The molecule has 0 heterocycles. The van der Waals surface area contributed by atoms with Crippen LogP contribution in [0.15, 0.2) is 24.3 Å². The van der Waals surface area contributed by atoms with Crippen LogP contribution in [-0.4, -0.2) is 23.9 Å². The molecule has 0 aromatic heterocycles. The van der Waals surface area contributed by atoms with Gasteiger partial charge in [-0.05, 0) is 50.0 Å². The topological polar surface area (TPSA) is 46.3 Å². The normalized spacial score (nSPS) is 29.5. The van der Waals surface area contributed by atoms with E-state index in [0.29, 0.717) is 30.3 Å². The fourth-order valence-electron chi connectivity index (χ4n) is 4.35. The number of halogens is 1. The van der Waals surface area contributed by atoms with Crippen molar-refractivity contribution in [3.63, 3.8) is 0 Å². The van der Waals surface area contributed by atoms with Crippen LogP contribution in [0.25, 0.3) is 0 Å². The Morgan fingerprint density at radius 3 is 2.30 bits per heavy atom. The third-order valence-electron chi connectivity index (χ3n) is 5.68. The number of carbonyl (C=O) groups is 1. The van der Waals surface area contributed by atoms with Gasteiger partial charge in [-0.3, -0.25) is 4.79 Å². The molecule has 0 spiro atoms. The number of fused-ring (bicyclic) bond motifs is 2. The Kier molecular flexibility index (Phi) is 6.10. The van der Waals surface area contributed by atoms with E-state index in [1.807, 2.05) is 11.9 Å². The third-order valence-corrected chi connectivity index (χ3v) is 5.68. The summed E-state index contributed by atoms with van der Waals surface area (Å²) in [4.78, 5) is 14.7. The number of hydrogen-bond acceptors (Lipinski definition) is 2. The zero-order valence-electron chi connectivity index (χ0n) is 14.2. The van der Waals surface area contributed by atoms with Gasteiger partial charge in [0.25, 0.3) is 0 Å². The molecule has 2 aliphatic rings. The molecule has 2 atom stereocenters. The minimum absolute atomic E-state index is 0. The van der Waals surface area contributed by atoms with E-state index in [9.17, 15) is 4.79 Å². The first kappa shape index (κ1) is 18.3. The molecule has 3 rings (SSSR count). The molecule has 2 unspecified atom stereocenters. The van der Waals surface area contributed by atoms with Gasteiger partial charge in [-0.15, -0.1) is 12.4 Å². The molecule has 1 amide bonds. The average molecular weight is 337 g/mol. The monoisotopic (exact) mass is 336 g/mol. The van der Waals surface area contributed by atoms with Crippen LogP contribution in [-0.2, 0) is 11.3 Å². The molecular formula is C19H29ClN2O. The molecule has 2 fully saturated rings. The standard InChI is InChI=1S/C19H28N2O.ClH/c1-13-6-8-14(9-7-13)12-21(2)19(22)17-10-15-4-3-5-16(11-17)18(15)20;/h6-9,15-18H,3-5,10-12,20H2,1-2H3;1H. The second-order valence-corrected chi connectivity index (χ2v) is 7.38. The number of nitrogens with two attached hydrogens (primary N) is 1. The Labute approximate surface area is 146 Å². The van der Waals surface area contributed by atoms with Gasteiger partial charge >= 0.3 is 0 Å². The van der Waals surface area contributed by atoms with Crippen molar-refractivity contribution in [3.05, 3.63) is 35.4 Å². The number of carbonyl (C=O) groups excluding carboxylic acids is 1. The summed E-state index contributed by atoms with van der Waals surface area (Å²) in [6, 6.07) is 8.78. The van der Waals surface area contributed by atoms with Crippen molar-refractivity contribution in [1.29, 1.82) is 0 Å². The van der Waals surface area contributed by atoms with Gasteiger partial charge in [0.15, 0.2) is 0 Å². The Balaban J connectivity index is 0.00000192. The van der Waals surface area contributed by atoms with Gasteiger partial charge < -0.3 is 10.6 Å². The highest BCUT2D eigenvalue weighted by molar-refractivity contribution is 5.85. The van der Waals surface area contributed by atoms with Gasteiger partial charge in [-0.2, -0.15) is 0 Å². The summed E-state index contributed by atoms with van der Waals surface area (Å²) in [7, 11) is 1.94. The number of benzene rings is 1. The second kappa shape index (κ2) is 7.67. The maximum atomic E-state index is 12.8. The van der Waals surface area contributed by atoms with Crippen molar-refractivity contribution in [2.24, 2.45) is 23.5 Å². The van der Waals surface area contributed by atoms with E-state index in [-0.39, 0.29) is 18.3 Å². The summed E-state index contributed by atoms with van der Waals surface area (Å²) in [5, 5.41) is 0. The van der Waals surface area contributed by atoms with Crippen LogP contribution in [0, 0.1) is 24.7 Å². The molecule has 1 aromatic rings. The maximum Gasteiger partial charge on any atom is 0.225 e. The highest BCUT2D eigenvalue weighted by Gasteiger charge is 2.41. The van der Waals surface area contributed by atoms with Crippen molar-refractivity contribution < 1.29 is 4.79 Å². The number of hydrogen-bond donors (Lipinski definition) is 1. The fourth-order valence-corrected chi connectivity index (χ4v) is 4.35. The summed E-state index contributed by atoms with van der Waals surface area (Å²) >= 11 is 0. The molecule has 2 aliphatic carbocycles. The number of rotatable bonds is 3. The SMILES string of the molecule is Cc1ccc(CN(C)C(=O)C2CC3CCCC(C2)C3N)cc1.Cl. The minimum atomic E-state index is 0. The van der Waals surface area contributed by atoms with Gasteiger partial charge in [0.05, 0.1) is 0 Å². The third kappa shape index (κ3) is 4.07. The highest BCUT2D eigenvalue weighted by atomic mass is 35.5. The molecule has 2 N–H and O–H groups in total. The Morgan fingerprint density at radius 2 is 1.74 bits per heavy atom. The van der Waals surface area contributed by atoms with Crippen molar-refractivity contribution in [3.8, 4) is 0 Å². The molecule has 1 aromatic carbocycles. The molecular weight excluding hydrogens is 308 g/mol. The highest BCUT2D eigenvalue weighted by Crippen LogP contribution is 2.42. The first-order valence-corrected chi connectivity index (χ1v) is 8.60. The summed E-state index contributed by atoms with van der Waals surface area (Å²) in [5.74, 6) is 1.62. The van der Waals surface area contributed by atoms with Crippen molar-refractivity contribution in [1.82, 2.24) is 4.90 Å². The Bertz CT molecular complexity index is 517. The lowest BCUT2D eigenvalue weighted by Gasteiger charge is -2.44. The van der Waals surface area contributed by atoms with E-state index in [4.69, 9.17) is 5.73 Å². The van der Waals surface area contributed by atoms with E-state index >= 15 is 0 Å². The van der Waals surface area contributed by atoms with Gasteiger partial charge in [-0.1, -0.05) is 36.2 Å². The van der Waals surface area contributed by atoms with Crippen LogP contribution in [0.3, 0.4) is 0 Å². The zero-order valence-corrected chi connectivity index (χ0v) is 15.0. The first-order valence-electron chi connectivity index (χ1n) is 8.60. The zero-order chi connectivity index (χ0) is 15.7. The quantitative estimate of drug-likeness (QED) is 0.917. The van der Waals surface area contributed by atoms with E-state index in [1.54, 1.807) is 0 Å². The van der Waals surface area contributed by atoms with Crippen molar-refractivity contribution in [2.75, 3.05) is 7.05 Å². The molecule has 4 heteroatoms. The molecule has 23 heavy (non-hydrogen) atoms. The van der Waals surface area contributed by atoms with E-state index in [1.165, 1.54) is 30.4 Å². The molecule has 2 saturated carbocycles. The Morgan fingerprint density at radius 1 is 1.17 bits per heavy atom. The average Bonchev–Trinajstić information content (AvgIpc) is 2.48. The summed E-state index contributed by atoms with van der Waals surface area (Å²) < 4.78 is 0. The molecule has 0 radical (unpaired) electrons. The van der Waals surface area contributed by atoms with Gasteiger partial charge in [0.2, 0.25) is 5.91 Å². The largest absolute Gasteiger partial charge is 0.341 e. The van der Waals surface area contributed by atoms with Crippen LogP contribution >= 0.6 is 12.4 Å². The molecule has 2 bridgehead atoms. The smallest absolute Gasteiger partial charge is 0.225 e. The molecule has 128 valence electrons. The maximum absolute atomic E-state index is 12.8. The summed E-state index contributed by atoms with van der Waals surface area (Å²) in [6.07, 6.45) is 5.71. The first-order chi connectivity index (χ1) is 10.5. The lowest BCUT2D eigenvalue weighted by Crippen LogP contribution is -2.49. The van der Waals surface area contributed by atoms with E-state index < -0.39 is 0 Å². The van der Waals surface area contributed by atoms with Crippen molar-refractivity contribution >= 4 is 18.3 Å². The molecule has 3 nitrogen and oxygen atoms in total. The number of amides is 1. The fraction of sp³-hybridized carbons (Fsp3) is 0.632. The Hall–Kier alpha value is -1.06. The minimum Gasteiger partial charge on any atom is -0.341 e. The summed E-state index contributed by atoms with van der Waals surface area (Å²) in [6.45, 7) is 2.79. The van der Waals surface area contributed by atoms with E-state index in [2.05, 4.69) is 31.2 Å². The summed E-state index contributed by atoms with van der Waals surface area (Å²) in [5.41, 5.74) is 8.79. The van der Waals surface area contributed by atoms with Gasteiger partial charge in [-0.25, -0.2) is 0 Å². The second-order valence-electron chi connectivity index (χ2n) is 7.38. The van der Waals surface area contributed by atoms with Gasteiger partial charge in [0.1, 0.15) is 0 Å². The van der Waals surface area contributed by atoms with Crippen LogP contribution in [0.4, 0.5) is 0 Å². The number of nitrogens with zero attached hydrogens (tertiary/aromatic N) is 1. The molecule has 0 saturated heterocycles. The predicted octanol–water partition coefficient (Wildman–Crippen LogP) is 3.53. The van der Waals surface area contributed by atoms with Crippen LogP contribution in [0.5, 0.6) is 0 Å². The molecule has 0 aliphatic heterocycles. The van der Waals surface area contributed by atoms with Crippen LogP contribution in [0.1, 0.15) is 43.2 Å². The van der Waals surface area contributed by atoms with E-state index in [0.717, 1.165) is 12.8 Å². The lowest BCUT2D eigenvalue weighted by molar-refractivity contribution is -0.137. The van der Waals surface area contributed by atoms with Crippen molar-refractivity contribution in [2.45, 2.75) is 51.6 Å². The predicted molar refractivity (Wildman–Crippen MR) is 96.4 cm³/mol. The van der Waals surface area contributed by atoms with Crippen LogP contribution < -0.4 is 5.73 Å². The van der Waals surface area contributed by atoms with Gasteiger partial charge in [0, 0.05) is 25.6 Å².